The van der Waals surface area contributed by atoms with Crippen molar-refractivity contribution < 1.29 is 1.37 Å². The molecule has 0 spiro atoms. The molecule has 0 aromatic rings. The number of rotatable bonds is 3. The van der Waals surface area contributed by atoms with Gasteiger partial charge in [0.15, 0.2) is 0 Å². The molecule has 0 nitrogen and oxygen atoms in total. The SMILES string of the molecule is [2H]C(C)(C1CCC(C)(C)CC1)C(C)(CC)C(C)(C)C. The van der Waals surface area contributed by atoms with Crippen molar-refractivity contribution >= 4 is 0 Å². The molecule has 0 saturated heterocycles. The molecule has 0 radical (unpaired) electrons. The maximum Gasteiger partial charge on any atom is 0.0308 e. The van der Waals surface area contributed by atoms with Crippen molar-refractivity contribution in [2.75, 3.05) is 0 Å². The Bertz CT molecular complexity index is 298. The summed E-state index contributed by atoms with van der Waals surface area (Å²) in [5, 5.41) is 0. The summed E-state index contributed by atoms with van der Waals surface area (Å²) >= 11 is 0. The third-order valence-corrected chi connectivity index (χ3v) is 6.18. The van der Waals surface area contributed by atoms with Crippen LogP contribution in [0.3, 0.4) is 0 Å². The standard InChI is InChI=1S/C18H36/c1-9-18(8,16(3,4)5)14(2)15-10-12-17(6,7)13-11-15/h14-15H,9-13H2,1-8H3/i14D. The van der Waals surface area contributed by atoms with E-state index in [1.165, 1.54) is 25.7 Å². The molecule has 2 atom stereocenters. The molecular formula is C18H36. The van der Waals surface area contributed by atoms with Gasteiger partial charge in [-0.25, -0.2) is 0 Å². The van der Waals surface area contributed by atoms with Crippen LogP contribution in [0.4, 0.5) is 0 Å². The van der Waals surface area contributed by atoms with Crippen molar-refractivity contribution in [2.45, 2.75) is 87.5 Å². The number of hydrogen-bond acceptors (Lipinski definition) is 0. The lowest BCUT2D eigenvalue weighted by molar-refractivity contribution is -0.0120. The smallest absolute Gasteiger partial charge is 0.0308 e. The average Bonchev–Trinajstić information content (AvgIpc) is 2.25. The molecule has 0 heterocycles. The Morgan fingerprint density at radius 3 is 1.94 bits per heavy atom. The van der Waals surface area contributed by atoms with E-state index in [4.69, 9.17) is 1.37 Å². The first-order valence-corrected chi connectivity index (χ1v) is 7.87. The zero-order valence-electron chi connectivity index (χ0n) is 15.1. The van der Waals surface area contributed by atoms with Gasteiger partial charge in [-0.2, -0.15) is 0 Å². The summed E-state index contributed by atoms with van der Waals surface area (Å²) in [5.74, 6) is 0.237. The highest BCUT2D eigenvalue weighted by atomic mass is 14.5. The normalized spacial score (nSPS) is 29.2. The molecule has 0 bridgehead atoms. The largest absolute Gasteiger partial charge is 0.0648 e. The van der Waals surface area contributed by atoms with Gasteiger partial charge in [-0.3, -0.25) is 0 Å². The fourth-order valence-corrected chi connectivity index (χ4v) is 3.68. The van der Waals surface area contributed by atoms with Crippen molar-refractivity contribution in [3.8, 4) is 0 Å². The summed E-state index contributed by atoms with van der Waals surface area (Å²) in [7, 11) is 0. The van der Waals surface area contributed by atoms with Crippen LogP contribution in [0.15, 0.2) is 0 Å². The maximum atomic E-state index is 9.16. The van der Waals surface area contributed by atoms with E-state index in [0.29, 0.717) is 11.3 Å². The molecule has 0 aromatic carbocycles. The van der Waals surface area contributed by atoms with Crippen molar-refractivity contribution in [2.24, 2.45) is 28.1 Å². The van der Waals surface area contributed by atoms with Crippen molar-refractivity contribution in [3.05, 3.63) is 0 Å². The molecule has 1 aliphatic rings. The molecule has 108 valence electrons. The molecule has 1 rings (SSSR count). The Labute approximate surface area is 117 Å². The predicted octanol–water partition coefficient (Wildman–Crippen LogP) is 6.30. The lowest BCUT2D eigenvalue weighted by Gasteiger charge is -2.51. The Morgan fingerprint density at radius 1 is 1.17 bits per heavy atom. The minimum Gasteiger partial charge on any atom is -0.0648 e. The van der Waals surface area contributed by atoms with E-state index >= 15 is 0 Å². The van der Waals surface area contributed by atoms with Crippen molar-refractivity contribution in [3.63, 3.8) is 0 Å². The second kappa shape index (κ2) is 5.17. The molecule has 1 saturated carbocycles. The molecule has 18 heavy (non-hydrogen) atoms. The minimum absolute atomic E-state index is 0.0755. The van der Waals surface area contributed by atoms with Crippen molar-refractivity contribution in [1.29, 1.82) is 0 Å². The lowest BCUT2D eigenvalue weighted by Crippen LogP contribution is -2.42. The zero-order valence-corrected chi connectivity index (χ0v) is 14.1. The van der Waals surface area contributed by atoms with Gasteiger partial charge in [-0.1, -0.05) is 55.4 Å². The minimum atomic E-state index is -0.323. The molecular weight excluding hydrogens is 216 g/mol. The van der Waals surface area contributed by atoms with E-state index in [1.54, 1.807) is 0 Å². The highest BCUT2D eigenvalue weighted by Gasteiger charge is 2.44. The molecule has 2 unspecified atom stereocenters. The third-order valence-electron chi connectivity index (χ3n) is 6.18. The third kappa shape index (κ3) is 3.11. The van der Waals surface area contributed by atoms with Gasteiger partial charge in [0.1, 0.15) is 0 Å². The fourth-order valence-electron chi connectivity index (χ4n) is 3.68. The monoisotopic (exact) mass is 253 g/mol. The van der Waals surface area contributed by atoms with Crippen LogP contribution in [-0.4, -0.2) is 0 Å². The summed E-state index contributed by atoms with van der Waals surface area (Å²) in [5.41, 5.74) is 0.758. The summed E-state index contributed by atoms with van der Waals surface area (Å²) < 4.78 is 9.16. The molecule has 0 aliphatic heterocycles. The fraction of sp³-hybridized carbons (Fsp3) is 1.00. The molecule has 0 amide bonds. The number of hydrogen-bond donors (Lipinski definition) is 0. The van der Waals surface area contributed by atoms with Crippen LogP contribution in [0.25, 0.3) is 0 Å². The van der Waals surface area contributed by atoms with Gasteiger partial charge in [-0.05, 0) is 60.2 Å². The van der Waals surface area contributed by atoms with Crippen LogP contribution in [0.2, 0.25) is 0 Å². The van der Waals surface area contributed by atoms with Crippen LogP contribution >= 0.6 is 0 Å². The van der Waals surface area contributed by atoms with E-state index in [9.17, 15) is 0 Å². The molecule has 0 N–H and O–H groups in total. The zero-order chi connectivity index (χ0) is 15.1. The average molecular weight is 253 g/mol. The topological polar surface area (TPSA) is 0 Å². The highest BCUT2D eigenvalue weighted by molar-refractivity contribution is 4.94. The van der Waals surface area contributed by atoms with E-state index in [-0.39, 0.29) is 16.7 Å². The van der Waals surface area contributed by atoms with E-state index in [2.05, 4.69) is 55.4 Å². The van der Waals surface area contributed by atoms with Gasteiger partial charge in [-0.15, -0.1) is 0 Å². The van der Waals surface area contributed by atoms with Crippen LogP contribution in [0.5, 0.6) is 0 Å². The Balaban J connectivity index is 2.97. The first-order chi connectivity index (χ1) is 8.37. The second-order valence-electron chi connectivity index (χ2n) is 8.56. The van der Waals surface area contributed by atoms with Gasteiger partial charge in [0.05, 0.1) is 0 Å². The van der Waals surface area contributed by atoms with E-state index in [1.807, 2.05) is 0 Å². The molecule has 0 aromatic heterocycles. The summed E-state index contributed by atoms with van der Waals surface area (Å²) in [6.07, 6.45) is 6.14. The quantitative estimate of drug-likeness (QED) is 0.553. The second-order valence-corrected chi connectivity index (χ2v) is 8.56. The van der Waals surface area contributed by atoms with Crippen LogP contribution in [0, 0.1) is 28.1 Å². The lowest BCUT2D eigenvalue weighted by atomic mass is 9.54. The van der Waals surface area contributed by atoms with Crippen LogP contribution in [-0.2, 0) is 0 Å². The Hall–Kier alpha value is 0. The van der Waals surface area contributed by atoms with Crippen LogP contribution in [0.1, 0.15) is 88.9 Å². The highest BCUT2D eigenvalue weighted by Crippen LogP contribution is 2.53. The van der Waals surface area contributed by atoms with Crippen molar-refractivity contribution in [1.82, 2.24) is 0 Å². The maximum absolute atomic E-state index is 9.16. The van der Waals surface area contributed by atoms with Crippen LogP contribution < -0.4 is 0 Å². The van der Waals surface area contributed by atoms with Gasteiger partial charge in [0.2, 0.25) is 0 Å². The summed E-state index contributed by atoms with van der Waals surface area (Å²) in [4.78, 5) is 0. The first kappa shape index (κ1) is 14.4. The Kier molecular flexibility index (Phi) is 4.14. The van der Waals surface area contributed by atoms with Gasteiger partial charge in [0, 0.05) is 1.37 Å². The van der Waals surface area contributed by atoms with E-state index in [0.717, 1.165) is 6.42 Å². The van der Waals surface area contributed by atoms with E-state index < -0.39 is 0 Å². The molecule has 1 fully saturated rings. The first-order valence-electron chi connectivity index (χ1n) is 8.37. The van der Waals surface area contributed by atoms with Gasteiger partial charge >= 0.3 is 0 Å². The molecule has 1 aliphatic carbocycles. The van der Waals surface area contributed by atoms with Gasteiger partial charge in [0.25, 0.3) is 0 Å². The summed E-state index contributed by atoms with van der Waals surface area (Å²) in [6, 6.07) is 0. The summed E-state index contributed by atoms with van der Waals surface area (Å²) in [6.45, 7) is 18.5. The molecule has 0 heteroatoms. The Morgan fingerprint density at radius 2 is 1.61 bits per heavy atom. The van der Waals surface area contributed by atoms with Gasteiger partial charge < -0.3 is 0 Å². The predicted molar refractivity (Wildman–Crippen MR) is 82.8 cm³/mol.